The molecule has 0 unspecified atom stereocenters. The summed E-state index contributed by atoms with van der Waals surface area (Å²) in [6.45, 7) is 2.21. The fourth-order valence-electron chi connectivity index (χ4n) is 2.08. The summed E-state index contributed by atoms with van der Waals surface area (Å²) in [4.78, 5) is 13.5. The Labute approximate surface area is 126 Å². The van der Waals surface area contributed by atoms with Gasteiger partial charge in [0, 0.05) is 23.5 Å². The monoisotopic (exact) mass is 336 g/mol. The molecule has 0 saturated carbocycles. The van der Waals surface area contributed by atoms with Gasteiger partial charge in [-0.3, -0.25) is 0 Å². The molecule has 0 bridgehead atoms. The van der Waals surface area contributed by atoms with Crippen LogP contribution in [-0.4, -0.2) is 36.2 Å². The highest BCUT2D eigenvalue weighted by Crippen LogP contribution is 2.33. The molecule has 0 radical (unpaired) electrons. The van der Waals surface area contributed by atoms with Crippen LogP contribution in [-0.2, 0) is 0 Å². The van der Waals surface area contributed by atoms with Gasteiger partial charge in [-0.05, 0) is 23.9 Å². The van der Waals surface area contributed by atoms with Crippen LogP contribution >= 0.6 is 15.9 Å². The number of hydrogen-bond donors (Lipinski definition) is 2. The van der Waals surface area contributed by atoms with Gasteiger partial charge in [0.1, 0.15) is 0 Å². The quantitative estimate of drug-likeness (QED) is 0.902. The standard InChI is InChI=1S/C15H17BrN2O2/c1-10-9-13(16)11-5-3-4-6-12(11)14(10)17-15(20)18(2)7-8-19/h3-6,9,19H,7-8H2,1-2H3,(H,17,20). The van der Waals surface area contributed by atoms with Crippen molar-refractivity contribution >= 4 is 38.4 Å². The van der Waals surface area contributed by atoms with Crippen molar-refractivity contribution in [1.29, 1.82) is 0 Å². The zero-order chi connectivity index (χ0) is 14.7. The van der Waals surface area contributed by atoms with E-state index in [2.05, 4.69) is 21.2 Å². The third-order valence-corrected chi connectivity index (χ3v) is 3.86. The predicted molar refractivity (Wildman–Crippen MR) is 85.1 cm³/mol. The van der Waals surface area contributed by atoms with Crippen LogP contribution in [0.5, 0.6) is 0 Å². The lowest BCUT2D eigenvalue weighted by atomic mass is 10.0. The van der Waals surface area contributed by atoms with Crippen molar-refractivity contribution in [3.63, 3.8) is 0 Å². The van der Waals surface area contributed by atoms with Crippen LogP contribution in [0.1, 0.15) is 5.56 Å². The molecule has 0 aliphatic heterocycles. The Morgan fingerprint density at radius 3 is 2.65 bits per heavy atom. The smallest absolute Gasteiger partial charge is 0.321 e. The molecule has 2 aromatic rings. The summed E-state index contributed by atoms with van der Waals surface area (Å²) in [7, 11) is 1.65. The summed E-state index contributed by atoms with van der Waals surface area (Å²) in [5.74, 6) is 0. The first-order valence-electron chi connectivity index (χ1n) is 6.35. The molecule has 0 aromatic heterocycles. The van der Waals surface area contributed by atoms with Gasteiger partial charge in [-0.15, -0.1) is 0 Å². The molecule has 0 heterocycles. The molecular weight excluding hydrogens is 320 g/mol. The minimum Gasteiger partial charge on any atom is -0.395 e. The fraction of sp³-hybridized carbons (Fsp3) is 0.267. The van der Waals surface area contributed by atoms with Gasteiger partial charge in [-0.2, -0.15) is 0 Å². The molecule has 0 fully saturated rings. The summed E-state index contributed by atoms with van der Waals surface area (Å²) >= 11 is 3.55. The second kappa shape index (κ2) is 6.24. The summed E-state index contributed by atoms with van der Waals surface area (Å²) in [5.41, 5.74) is 1.79. The number of benzene rings is 2. The minimum atomic E-state index is -0.227. The number of nitrogens with zero attached hydrogens (tertiary/aromatic N) is 1. The number of aryl methyl sites for hydroxylation is 1. The number of rotatable bonds is 3. The van der Waals surface area contributed by atoms with E-state index < -0.39 is 0 Å². The summed E-state index contributed by atoms with van der Waals surface area (Å²) in [5, 5.41) is 13.9. The van der Waals surface area contributed by atoms with Crippen LogP contribution < -0.4 is 5.32 Å². The van der Waals surface area contributed by atoms with Crippen molar-refractivity contribution in [2.45, 2.75) is 6.92 Å². The van der Waals surface area contributed by atoms with E-state index >= 15 is 0 Å². The summed E-state index contributed by atoms with van der Waals surface area (Å²) < 4.78 is 1.01. The first kappa shape index (κ1) is 14.8. The normalized spacial score (nSPS) is 10.6. The van der Waals surface area contributed by atoms with E-state index in [-0.39, 0.29) is 12.6 Å². The minimum absolute atomic E-state index is 0.0516. The van der Waals surface area contributed by atoms with E-state index in [0.717, 1.165) is 26.5 Å². The van der Waals surface area contributed by atoms with Gasteiger partial charge >= 0.3 is 6.03 Å². The molecule has 0 atom stereocenters. The molecule has 106 valence electrons. The number of hydrogen-bond acceptors (Lipinski definition) is 2. The Morgan fingerprint density at radius 1 is 1.35 bits per heavy atom. The number of urea groups is 1. The third kappa shape index (κ3) is 2.94. The fourth-order valence-corrected chi connectivity index (χ4v) is 2.77. The molecule has 2 aromatic carbocycles. The van der Waals surface area contributed by atoms with Crippen LogP contribution in [0.3, 0.4) is 0 Å². The number of halogens is 1. The lowest BCUT2D eigenvalue weighted by molar-refractivity contribution is 0.202. The largest absolute Gasteiger partial charge is 0.395 e. The van der Waals surface area contributed by atoms with Gasteiger partial charge < -0.3 is 15.3 Å². The Hall–Kier alpha value is -1.59. The van der Waals surface area contributed by atoms with Gasteiger partial charge in [0.05, 0.1) is 12.3 Å². The summed E-state index contributed by atoms with van der Waals surface area (Å²) in [6.07, 6.45) is 0. The summed E-state index contributed by atoms with van der Waals surface area (Å²) in [6, 6.07) is 9.66. The number of fused-ring (bicyclic) bond motifs is 1. The molecule has 0 aliphatic carbocycles. The van der Waals surface area contributed by atoms with E-state index in [9.17, 15) is 4.79 Å². The number of anilines is 1. The van der Waals surface area contributed by atoms with Gasteiger partial charge in [0.15, 0.2) is 0 Å². The van der Waals surface area contributed by atoms with Crippen molar-refractivity contribution in [2.75, 3.05) is 25.5 Å². The Kier molecular flexibility index (Phi) is 4.62. The zero-order valence-corrected chi connectivity index (χ0v) is 13.1. The maximum atomic E-state index is 12.1. The van der Waals surface area contributed by atoms with E-state index in [0.29, 0.717) is 6.54 Å². The van der Waals surface area contributed by atoms with Crippen LogP contribution in [0.2, 0.25) is 0 Å². The van der Waals surface area contributed by atoms with Crippen LogP contribution in [0.4, 0.5) is 10.5 Å². The van der Waals surface area contributed by atoms with Crippen molar-refractivity contribution in [3.8, 4) is 0 Å². The molecule has 0 aliphatic rings. The zero-order valence-electron chi connectivity index (χ0n) is 11.5. The van der Waals surface area contributed by atoms with E-state index in [1.165, 1.54) is 4.90 Å². The van der Waals surface area contributed by atoms with Crippen molar-refractivity contribution in [2.24, 2.45) is 0 Å². The van der Waals surface area contributed by atoms with Crippen LogP contribution in [0, 0.1) is 6.92 Å². The molecule has 20 heavy (non-hydrogen) atoms. The second-order valence-electron chi connectivity index (χ2n) is 4.67. The maximum absolute atomic E-state index is 12.1. The average Bonchev–Trinajstić information content (AvgIpc) is 2.43. The van der Waals surface area contributed by atoms with E-state index in [1.807, 2.05) is 37.3 Å². The molecule has 4 nitrogen and oxygen atoms in total. The van der Waals surface area contributed by atoms with Crippen LogP contribution in [0.15, 0.2) is 34.8 Å². The second-order valence-corrected chi connectivity index (χ2v) is 5.53. The lowest BCUT2D eigenvalue weighted by Crippen LogP contribution is -2.33. The molecule has 5 heteroatoms. The first-order chi connectivity index (χ1) is 9.54. The number of nitrogens with one attached hydrogen (secondary N) is 1. The predicted octanol–water partition coefficient (Wildman–Crippen LogP) is 3.37. The van der Waals surface area contributed by atoms with Gasteiger partial charge in [0.25, 0.3) is 0 Å². The number of carbonyl (C=O) groups is 1. The Bertz CT molecular complexity index is 643. The van der Waals surface area contributed by atoms with E-state index in [1.54, 1.807) is 7.05 Å². The van der Waals surface area contributed by atoms with Crippen molar-refractivity contribution in [1.82, 2.24) is 4.90 Å². The Balaban J connectivity index is 2.42. The number of likely N-dealkylation sites (N-methyl/N-ethyl adjacent to an activating group) is 1. The number of aliphatic hydroxyl groups is 1. The molecule has 0 spiro atoms. The highest BCUT2D eigenvalue weighted by molar-refractivity contribution is 9.10. The maximum Gasteiger partial charge on any atom is 0.321 e. The first-order valence-corrected chi connectivity index (χ1v) is 7.14. The number of amides is 2. The van der Waals surface area contributed by atoms with Crippen molar-refractivity contribution < 1.29 is 9.90 Å². The topological polar surface area (TPSA) is 52.6 Å². The molecule has 0 saturated heterocycles. The lowest BCUT2D eigenvalue weighted by Gasteiger charge is -2.19. The Morgan fingerprint density at radius 2 is 2.00 bits per heavy atom. The third-order valence-electron chi connectivity index (χ3n) is 3.21. The highest BCUT2D eigenvalue weighted by atomic mass is 79.9. The average molecular weight is 337 g/mol. The molecule has 2 amide bonds. The highest BCUT2D eigenvalue weighted by Gasteiger charge is 2.13. The molecule has 2 N–H and O–H groups in total. The van der Waals surface area contributed by atoms with Gasteiger partial charge in [-0.25, -0.2) is 4.79 Å². The molecular formula is C15H17BrN2O2. The number of carbonyl (C=O) groups excluding carboxylic acids is 1. The SMILES string of the molecule is Cc1cc(Br)c2ccccc2c1NC(=O)N(C)CCO. The van der Waals surface area contributed by atoms with Crippen LogP contribution in [0.25, 0.3) is 10.8 Å². The van der Waals surface area contributed by atoms with Gasteiger partial charge in [0.2, 0.25) is 0 Å². The number of aliphatic hydroxyl groups excluding tert-OH is 1. The van der Waals surface area contributed by atoms with Crippen molar-refractivity contribution in [3.05, 3.63) is 40.4 Å². The van der Waals surface area contributed by atoms with Gasteiger partial charge in [-0.1, -0.05) is 40.2 Å². The molecule has 2 rings (SSSR count). The van der Waals surface area contributed by atoms with E-state index in [4.69, 9.17) is 5.11 Å².